The van der Waals surface area contributed by atoms with E-state index < -0.39 is 0 Å². The van der Waals surface area contributed by atoms with E-state index >= 15 is 0 Å². The second kappa shape index (κ2) is 5.28. The van der Waals surface area contributed by atoms with Crippen molar-refractivity contribution in [1.29, 1.82) is 0 Å². The lowest BCUT2D eigenvalue weighted by atomic mass is 10.3. The molecule has 0 saturated carbocycles. The van der Waals surface area contributed by atoms with Gasteiger partial charge in [-0.2, -0.15) is 0 Å². The number of anilines is 2. The Hall–Kier alpha value is -1.83. The largest absolute Gasteiger partial charge is 0.382 e. The molecule has 1 aromatic heterocycles. The van der Waals surface area contributed by atoms with Gasteiger partial charge in [-0.25, -0.2) is 4.98 Å². The van der Waals surface area contributed by atoms with Crippen molar-refractivity contribution in [2.45, 2.75) is 12.8 Å². The number of carbonyl (C=O) groups is 2. The summed E-state index contributed by atoms with van der Waals surface area (Å²) in [4.78, 5) is 32.2. The minimum absolute atomic E-state index is 0.0925. The second-order valence-corrected chi connectivity index (χ2v) is 5.96. The van der Waals surface area contributed by atoms with Crippen LogP contribution in [0.15, 0.2) is 0 Å². The van der Waals surface area contributed by atoms with E-state index in [0.29, 0.717) is 18.0 Å². The van der Waals surface area contributed by atoms with E-state index in [4.69, 9.17) is 5.73 Å². The molecule has 0 aromatic carbocycles. The van der Waals surface area contributed by atoms with Crippen LogP contribution in [0.1, 0.15) is 22.5 Å². The normalized spacial score (nSPS) is 19.3. The predicted octanol–water partition coefficient (Wildman–Crippen LogP) is -0.102. The molecule has 2 fully saturated rings. The molecule has 0 aliphatic carbocycles. The lowest BCUT2D eigenvalue weighted by Gasteiger charge is -2.26. The highest BCUT2D eigenvalue weighted by Gasteiger charge is 2.27. The lowest BCUT2D eigenvalue weighted by Crippen LogP contribution is -2.49. The van der Waals surface area contributed by atoms with Gasteiger partial charge in [0, 0.05) is 26.2 Å². The summed E-state index contributed by atoms with van der Waals surface area (Å²) < 4.78 is 0. The van der Waals surface area contributed by atoms with Crippen molar-refractivity contribution in [2.75, 3.05) is 43.4 Å². The van der Waals surface area contributed by atoms with Gasteiger partial charge in [0.15, 0.2) is 5.13 Å². The summed E-state index contributed by atoms with van der Waals surface area (Å²) in [5.41, 5.74) is 5.88. The second-order valence-electron chi connectivity index (χ2n) is 4.98. The van der Waals surface area contributed by atoms with Crippen LogP contribution in [0.25, 0.3) is 0 Å². The van der Waals surface area contributed by atoms with Gasteiger partial charge in [0.2, 0.25) is 5.91 Å². The van der Waals surface area contributed by atoms with Crippen molar-refractivity contribution in [3.8, 4) is 0 Å². The Kier molecular flexibility index (Phi) is 3.47. The van der Waals surface area contributed by atoms with Crippen LogP contribution in [0.2, 0.25) is 0 Å². The monoisotopic (exact) mass is 295 g/mol. The molecule has 8 heteroatoms. The number of nitrogen functional groups attached to an aromatic ring is 1. The molecule has 1 aromatic rings. The zero-order valence-corrected chi connectivity index (χ0v) is 11.9. The average Bonchev–Trinajstić information content (AvgIpc) is 3.07. The van der Waals surface area contributed by atoms with E-state index in [-0.39, 0.29) is 24.2 Å². The minimum Gasteiger partial charge on any atom is -0.382 e. The number of nitrogens with two attached hydrogens (primary N) is 1. The maximum atomic E-state index is 12.4. The molecule has 0 spiro atoms. The molecule has 2 saturated heterocycles. The van der Waals surface area contributed by atoms with E-state index in [0.717, 1.165) is 31.1 Å². The predicted molar refractivity (Wildman–Crippen MR) is 76.9 cm³/mol. The Bertz CT molecular complexity index is 538. The van der Waals surface area contributed by atoms with Crippen LogP contribution in [0.4, 0.5) is 10.9 Å². The van der Waals surface area contributed by atoms with Crippen molar-refractivity contribution in [1.82, 2.24) is 15.2 Å². The first-order valence-electron chi connectivity index (χ1n) is 6.72. The standard InChI is InChI=1S/C12H17N5O2S/c13-10-9(11(19)17-6-3-14-8(18)7-17)20-12(15-10)16-4-1-2-5-16/h1-7,13H2,(H,14,18). The number of hydrogen-bond acceptors (Lipinski definition) is 6. The van der Waals surface area contributed by atoms with Gasteiger partial charge in [-0.3, -0.25) is 9.59 Å². The molecule has 0 unspecified atom stereocenters. The van der Waals surface area contributed by atoms with Crippen LogP contribution in [0.5, 0.6) is 0 Å². The third-order valence-electron chi connectivity index (χ3n) is 3.54. The number of hydrogen-bond donors (Lipinski definition) is 2. The van der Waals surface area contributed by atoms with Crippen LogP contribution in [-0.2, 0) is 4.79 Å². The zero-order valence-electron chi connectivity index (χ0n) is 11.1. The first kappa shape index (κ1) is 13.2. The molecular formula is C12H17N5O2S. The quantitative estimate of drug-likeness (QED) is 0.795. The van der Waals surface area contributed by atoms with Crippen molar-refractivity contribution in [3.05, 3.63) is 4.88 Å². The highest BCUT2D eigenvalue weighted by atomic mass is 32.1. The van der Waals surface area contributed by atoms with Gasteiger partial charge < -0.3 is 20.9 Å². The molecule has 3 N–H and O–H groups in total. The molecule has 0 bridgehead atoms. The Morgan fingerprint density at radius 1 is 1.30 bits per heavy atom. The lowest BCUT2D eigenvalue weighted by molar-refractivity contribution is -0.123. The molecule has 0 atom stereocenters. The van der Waals surface area contributed by atoms with Gasteiger partial charge in [-0.15, -0.1) is 0 Å². The molecule has 20 heavy (non-hydrogen) atoms. The van der Waals surface area contributed by atoms with E-state index in [1.165, 1.54) is 16.2 Å². The van der Waals surface area contributed by atoms with Crippen LogP contribution < -0.4 is 16.0 Å². The molecule has 0 radical (unpaired) electrons. The summed E-state index contributed by atoms with van der Waals surface area (Å²) >= 11 is 1.33. The number of thiazole rings is 1. The van der Waals surface area contributed by atoms with Gasteiger partial charge in [0.05, 0.1) is 6.54 Å². The fourth-order valence-corrected chi connectivity index (χ4v) is 3.48. The number of nitrogens with zero attached hydrogens (tertiary/aromatic N) is 3. The minimum atomic E-state index is -0.194. The van der Waals surface area contributed by atoms with Crippen LogP contribution in [-0.4, -0.2) is 54.4 Å². The molecule has 7 nitrogen and oxygen atoms in total. The third-order valence-corrected chi connectivity index (χ3v) is 4.66. The van der Waals surface area contributed by atoms with Crippen LogP contribution in [0, 0.1) is 0 Å². The zero-order chi connectivity index (χ0) is 14.1. The molecular weight excluding hydrogens is 278 g/mol. The van der Waals surface area contributed by atoms with E-state index in [2.05, 4.69) is 15.2 Å². The summed E-state index contributed by atoms with van der Waals surface area (Å²) in [6.45, 7) is 3.03. The summed E-state index contributed by atoms with van der Waals surface area (Å²) in [5.74, 6) is -0.0550. The summed E-state index contributed by atoms with van der Waals surface area (Å²) in [5, 5.41) is 3.51. The van der Waals surface area contributed by atoms with Crippen molar-refractivity contribution in [2.24, 2.45) is 0 Å². The van der Waals surface area contributed by atoms with E-state index in [1.54, 1.807) is 0 Å². The number of amides is 2. The fourth-order valence-electron chi connectivity index (χ4n) is 2.47. The first-order valence-corrected chi connectivity index (χ1v) is 7.54. The third kappa shape index (κ3) is 2.43. The van der Waals surface area contributed by atoms with Crippen LogP contribution >= 0.6 is 11.3 Å². The Morgan fingerprint density at radius 2 is 2.05 bits per heavy atom. The number of nitrogens with one attached hydrogen (secondary N) is 1. The van der Waals surface area contributed by atoms with E-state index in [9.17, 15) is 9.59 Å². The van der Waals surface area contributed by atoms with Gasteiger partial charge in [-0.1, -0.05) is 11.3 Å². The molecule has 3 rings (SSSR count). The van der Waals surface area contributed by atoms with Gasteiger partial charge in [0.1, 0.15) is 10.7 Å². The number of piperazine rings is 1. The molecule has 2 aliphatic rings. The molecule has 108 valence electrons. The van der Waals surface area contributed by atoms with Gasteiger partial charge in [-0.05, 0) is 12.8 Å². The highest BCUT2D eigenvalue weighted by Crippen LogP contribution is 2.31. The molecule has 3 heterocycles. The number of aromatic nitrogens is 1. The first-order chi connectivity index (χ1) is 9.65. The van der Waals surface area contributed by atoms with Gasteiger partial charge >= 0.3 is 0 Å². The van der Waals surface area contributed by atoms with Crippen molar-refractivity contribution in [3.63, 3.8) is 0 Å². The maximum absolute atomic E-state index is 12.4. The highest BCUT2D eigenvalue weighted by molar-refractivity contribution is 7.18. The smallest absolute Gasteiger partial charge is 0.268 e. The van der Waals surface area contributed by atoms with Crippen molar-refractivity contribution < 1.29 is 9.59 Å². The molecule has 2 amide bonds. The Balaban J connectivity index is 1.78. The van der Waals surface area contributed by atoms with Gasteiger partial charge in [0.25, 0.3) is 5.91 Å². The molecule has 2 aliphatic heterocycles. The summed E-state index contributed by atoms with van der Waals surface area (Å²) in [6, 6.07) is 0. The maximum Gasteiger partial charge on any atom is 0.268 e. The number of carbonyl (C=O) groups excluding carboxylic acids is 2. The Morgan fingerprint density at radius 3 is 2.75 bits per heavy atom. The number of rotatable bonds is 2. The SMILES string of the molecule is Nc1nc(N2CCCC2)sc1C(=O)N1CCNC(=O)C1. The average molecular weight is 295 g/mol. The fraction of sp³-hybridized carbons (Fsp3) is 0.583. The van der Waals surface area contributed by atoms with Crippen LogP contribution in [0.3, 0.4) is 0 Å². The van der Waals surface area contributed by atoms with Crippen molar-refractivity contribution >= 4 is 34.1 Å². The Labute approximate surface area is 120 Å². The summed E-state index contributed by atoms with van der Waals surface area (Å²) in [6.07, 6.45) is 2.30. The van der Waals surface area contributed by atoms with E-state index in [1.807, 2.05) is 0 Å². The topological polar surface area (TPSA) is 91.6 Å². The summed E-state index contributed by atoms with van der Waals surface area (Å²) in [7, 11) is 0.